The summed E-state index contributed by atoms with van der Waals surface area (Å²) in [4.78, 5) is 11.5. The van der Waals surface area contributed by atoms with Crippen LogP contribution in [0.5, 0.6) is 5.88 Å². The van der Waals surface area contributed by atoms with Gasteiger partial charge in [-0.3, -0.25) is 0 Å². The van der Waals surface area contributed by atoms with Crippen LogP contribution in [0.1, 0.15) is 22.8 Å². The van der Waals surface area contributed by atoms with Gasteiger partial charge in [-0.25, -0.2) is 9.48 Å². The third-order valence-corrected chi connectivity index (χ3v) is 2.48. The Balaban J connectivity index is 2.18. The van der Waals surface area contributed by atoms with Crippen LogP contribution in [-0.4, -0.2) is 27.5 Å². The molecule has 0 unspecified atom stereocenters. The summed E-state index contributed by atoms with van der Waals surface area (Å²) in [5.74, 6) is -0.730. The van der Waals surface area contributed by atoms with E-state index in [0.29, 0.717) is 6.54 Å². The monoisotopic (exact) mass is 246 g/mol. The first kappa shape index (κ1) is 12.2. The second-order valence-electron chi connectivity index (χ2n) is 3.75. The maximum absolute atomic E-state index is 11.5. The molecule has 0 amide bonds. The number of carbonyl (C=O) groups excluding carboxylic acids is 1. The molecule has 0 fully saturated rings. The Labute approximate surface area is 105 Å². The fourth-order valence-corrected chi connectivity index (χ4v) is 1.60. The first-order valence-corrected chi connectivity index (χ1v) is 5.68. The van der Waals surface area contributed by atoms with E-state index >= 15 is 0 Å². The third kappa shape index (κ3) is 2.51. The zero-order chi connectivity index (χ0) is 13.0. The van der Waals surface area contributed by atoms with E-state index in [1.165, 1.54) is 10.9 Å². The maximum Gasteiger partial charge on any atom is 0.345 e. The Morgan fingerprint density at radius 3 is 2.78 bits per heavy atom. The lowest BCUT2D eigenvalue weighted by molar-refractivity contribution is 0.0522. The molecule has 1 aromatic carbocycles. The van der Waals surface area contributed by atoms with Crippen LogP contribution in [-0.2, 0) is 11.3 Å². The van der Waals surface area contributed by atoms with Gasteiger partial charge in [-0.05, 0) is 12.5 Å². The molecule has 0 bridgehead atoms. The van der Waals surface area contributed by atoms with Crippen LogP contribution in [0.25, 0.3) is 0 Å². The molecule has 0 aliphatic rings. The van der Waals surface area contributed by atoms with Crippen molar-refractivity contribution in [3.05, 3.63) is 47.7 Å². The normalized spacial score (nSPS) is 10.3. The minimum Gasteiger partial charge on any atom is -0.493 e. The van der Waals surface area contributed by atoms with Crippen LogP contribution >= 0.6 is 0 Å². The molecule has 18 heavy (non-hydrogen) atoms. The molecule has 0 spiro atoms. The molecule has 1 heterocycles. The zero-order valence-corrected chi connectivity index (χ0v) is 10.0. The van der Waals surface area contributed by atoms with Crippen molar-refractivity contribution in [3.8, 4) is 5.88 Å². The third-order valence-electron chi connectivity index (χ3n) is 2.48. The summed E-state index contributed by atoms with van der Waals surface area (Å²) in [6.07, 6.45) is 1.32. The first-order valence-electron chi connectivity index (χ1n) is 5.68. The predicted molar refractivity (Wildman–Crippen MR) is 65.4 cm³/mol. The van der Waals surface area contributed by atoms with Crippen molar-refractivity contribution in [2.45, 2.75) is 13.5 Å². The van der Waals surface area contributed by atoms with E-state index in [-0.39, 0.29) is 18.1 Å². The van der Waals surface area contributed by atoms with Crippen LogP contribution in [0.2, 0.25) is 0 Å². The molecule has 0 radical (unpaired) electrons. The van der Waals surface area contributed by atoms with E-state index in [4.69, 9.17) is 4.74 Å². The van der Waals surface area contributed by atoms with Gasteiger partial charge < -0.3 is 9.84 Å². The number of rotatable bonds is 4. The molecule has 5 nitrogen and oxygen atoms in total. The van der Waals surface area contributed by atoms with Crippen molar-refractivity contribution in [2.75, 3.05) is 6.61 Å². The van der Waals surface area contributed by atoms with Crippen LogP contribution < -0.4 is 0 Å². The molecule has 0 saturated heterocycles. The van der Waals surface area contributed by atoms with Gasteiger partial charge in [0.1, 0.15) is 5.56 Å². The molecule has 1 aromatic heterocycles. The molecule has 0 aliphatic carbocycles. The van der Waals surface area contributed by atoms with Gasteiger partial charge in [0.15, 0.2) is 0 Å². The highest BCUT2D eigenvalue weighted by Crippen LogP contribution is 2.18. The summed E-state index contributed by atoms with van der Waals surface area (Å²) in [7, 11) is 0. The SMILES string of the molecule is CCOC(=O)c1cnn(Cc2ccccc2)c1O. The van der Waals surface area contributed by atoms with Crippen molar-refractivity contribution in [1.29, 1.82) is 0 Å². The standard InChI is InChI=1S/C13H14N2O3/c1-2-18-13(17)11-8-14-15(12(11)16)9-10-6-4-3-5-7-10/h3-8,16H,2,9H2,1H3. The highest BCUT2D eigenvalue weighted by Gasteiger charge is 2.17. The van der Waals surface area contributed by atoms with Crippen LogP contribution in [0.3, 0.4) is 0 Å². The van der Waals surface area contributed by atoms with E-state index in [1.807, 2.05) is 30.3 Å². The largest absolute Gasteiger partial charge is 0.493 e. The summed E-state index contributed by atoms with van der Waals surface area (Å²) in [5.41, 5.74) is 1.08. The number of nitrogens with zero attached hydrogens (tertiary/aromatic N) is 2. The highest BCUT2D eigenvalue weighted by molar-refractivity contribution is 5.91. The average Bonchev–Trinajstić information content (AvgIpc) is 2.73. The van der Waals surface area contributed by atoms with Crippen molar-refractivity contribution >= 4 is 5.97 Å². The van der Waals surface area contributed by atoms with E-state index < -0.39 is 5.97 Å². The molecular formula is C13H14N2O3. The number of carbonyl (C=O) groups is 1. The number of aromatic hydroxyl groups is 1. The molecule has 94 valence electrons. The van der Waals surface area contributed by atoms with Gasteiger partial charge >= 0.3 is 5.97 Å². The van der Waals surface area contributed by atoms with Crippen LogP contribution in [0.4, 0.5) is 0 Å². The lowest BCUT2D eigenvalue weighted by Crippen LogP contribution is -2.05. The van der Waals surface area contributed by atoms with E-state index in [9.17, 15) is 9.90 Å². The lowest BCUT2D eigenvalue weighted by Gasteiger charge is -2.04. The predicted octanol–water partition coefficient (Wildman–Crippen LogP) is 1.81. The smallest absolute Gasteiger partial charge is 0.345 e. The van der Waals surface area contributed by atoms with Gasteiger partial charge in [0.25, 0.3) is 0 Å². The number of ether oxygens (including phenoxy) is 1. The summed E-state index contributed by atoms with van der Waals surface area (Å²) >= 11 is 0. The van der Waals surface area contributed by atoms with Crippen molar-refractivity contribution in [3.63, 3.8) is 0 Å². The Morgan fingerprint density at radius 1 is 1.39 bits per heavy atom. The number of hydrogen-bond acceptors (Lipinski definition) is 4. The number of benzene rings is 1. The maximum atomic E-state index is 11.5. The van der Waals surface area contributed by atoms with Crippen LogP contribution in [0.15, 0.2) is 36.5 Å². The second kappa shape index (κ2) is 5.35. The molecule has 0 atom stereocenters. The molecule has 2 rings (SSSR count). The number of esters is 1. The molecule has 0 saturated carbocycles. The minimum absolute atomic E-state index is 0.0905. The van der Waals surface area contributed by atoms with Crippen molar-refractivity contribution < 1.29 is 14.6 Å². The summed E-state index contributed by atoms with van der Waals surface area (Å²) < 4.78 is 6.18. The van der Waals surface area contributed by atoms with E-state index in [1.54, 1.807) is 6.92 Å². The fourth-order valence-electron chi connectivity index (χ4n) is 1.60. The van der Waals surface area contributed by atoms with Gasteiger partial charge in [-0.1, -0.05) is 30.3 Å². The van der Waals surface area contributed by atoms with Gasteiger partial charge in [-0.15, -0.1) is 0 Å². The molecule has 5 heteroatoms. The lowest BCUT2D eigenvalue weighted by atomic mass is 10.2. The van der Waals surface area contributed by atoms with E-state index in [0.717, 1.165) is 5.56 Å². The van der Waals surface area contributed by atoms with E-state index in [2.05, 4.69) is 5.10 Å². The molecule has 2 aromatic rings. The Hall–Kier alpha value is -2.30. The topological polar surface area (TPSA) is 64.3 Å². The zero-order valence-electron chi connectivity index (χ0n) is 10.0. The van der Waals surface area contributed by atoms with Crippen molar-refractivity contribution in [1.82, 2.24) is 9.78 Å². The van der Waals surface area contributed by atoms with Gasteiger partial charge in [-0.2, -0.15) is 5.10 Å². The van der Waals surface area contributed by atoms with Gasteiger partial charge in [0.2, 0.25) is 5.88 Å². The molecular weight excluding hydrogens is 232 g/mol. The summed E-state index contributed by atoms with van der Waals surface area (Å²) in [5, 5.41) is 13.9. The first-order chi connectivity index (χ1) is 8.72. The second-order valence-corrected chi connectivity index (χ2v) is 3.75. The van der Waals surface area contributed by atoms with Crippen molar-refractivity contribution in [2.24, 2.45) is 0 Å². The highest BCUT2D eigenvalue weighted by atomic mass is 16.5. The Bertz CT molecular complexity index is 534. The van der Waals surface area contributed by atoms with Gasteiger partial charge in [0, 0.05) is 0 Å². The Kier molecular flexibility index (Phi) is 3.62. The van der Waals surface area contributed by atoms with Crippen LogP contribution in [0, 0.1) is 0 Å². The average molecular weight is 246 g/mol. The molecule has 1 N–H and O–H groups in total. The quantitative estimate of drug-likeness (QED) is 0.836. The molecule has 0 aliphatic heterocycles. The summed E-state index contributed by atoms with van der Waals surface area (Å²) in [6, 6.07) is 9.57. The number of hydrogen-bond donors (Lipinski definition) is 1. The minimum atomic E-state index is -0.561. The Morgan fingerprint density at radius 2 is 2.11 bits per heavy atom. The summed E-state index contributed by atoms with van der Waals surface area (Å²) in [6.45, 7) is 2.39. The fraction of sp³-hybridized carbons (Fsp3) is 0.231. The van der Waals surface area contributed by atoms with Gasteiger partial charge in [0.05, 0.1) is 19.3 Å². The number of aromatic nitrogens is 2.